The van der Waals surface area contributed by atoms with Gasteiger partial charge in [0.15, 0.2) is 9.84 Å². The number of carbonyl (C=O) groups is 5. The molecule has 0 bridgehead atoms. The van der Waals surface area contributed by atoms with Crippen LogP contribution in [0.4, 0.5) is 0 Å². The second-order valence-electron chi connectivity index (χ2n) is 16.9. The highest BCUT2D eigenvalue weighted by Crippen LogP contribution is 2.37. The largest absolute Gasteiger partial charge is 0.491 e. The molecule has 326 valence electrons. The molecule has 0 spiro atoms. The number of ether oxygens (including phenoxy) is 1. The zero-order valence-corrected chi connectivity index (χ0v) is 37.3. The Morgan fingerprint density at radius 2 is 1.65 bits per heavy atom. The molecule has 0 saturated carbocycles. The van der Waals surface area contributed by atoms with E-state index in [1.54, 1.807) is 56.4 Å². The van der Waals surface area contributed by atoms with Crippen molar-refractivity contribution in [1.29, 1.82) is 0 Å². The monoisotopic (exact) mass is 881 g/mol. The fraction of sp³-hybridized carbons (Fsp3) is 0.426. The van der Waals surface area contributed by atoms with Gasteiger partial charge in [0.1, 0.15) is 17.6 Å². The highest BCUT2D eigenvalue weighted by Gasteiger charge is 2.45. The average Bonchev–Trinajstić information content (AvgIpc) is 3.49. The lowest BCUT2D eigenvalue weighted by Gasteiger charge is -2.33. The van der Waals surface area contributed by atoms with Gasteiger partial charge in [0.25, 0.3) is 11.8 Å². The summed E-state index contributed by atoms with van der Waals surface area (Å²) in [7, 11) is -3.52. The van der Waals surface area contributed by atoms with E-state index in [9.17, 15) is 32.4 Å². The first-order chi connectivity index (χ1) is 29.5. The summed E-state index contributed by atoms with van der Waals surface area (Å²) >= 11 is 6.59. The van der Waals surface area contributed by atoms with Gasteiger partial charge in [0.05, 0.1) is 38.1 Å². The van der Waals surface area contributed by atoms with Gasteiger partial charge in [-0.05, 0) is 113 Å². The summed E-state index contributed by atoms with van der Waals surface area (Å²) in [6.45, 7) is 10.6. The van der Waals surface area contributed by atoms with Crippen molar-refractivity contribution in [2.24, 2.45) is 0 Å². The zero-order chi connectivity index (χ0) is 44.5. The molecule has 1 aromatic heterocycles. The van der Waals surface area contributed by atoms with Crippen molar-refractivity contribution in [2.45, 2.75) is 121 Å². The Morgan fingerprint density at radius 3 is 2.35 bits per heavy atom. The highest BCUT2D eigenvalue weighted by molar-refractivity contribution is 7.92. The Morgan fingerprint density at radius 1 is 0.919 bits per heavy atom. The first kappa shape index (κ1) is 44.6. The summed E-state index contributed by atoms with van der Waals surface area (Å²) < 4.78 is 32.6. The second-order valence-corrected chi connectivity index (χ2v) is 19.8. The molecule has 0 aliphatic carbocycles. The van der Waals surface area contributed by atoms with E-state index in [0.717, 1.165) is 34.6 Å². The quantitative estimate of drug-likeness (QED) is 0.134. The predicted molar refractivity (Wildman–Crippen MR) is 233 cm³/mol. The third kappa shape index (κ3) is 9.31. The second kappa shape index (κ2) is 18.5. The van der Waals surface area contributed by atoms with Gasteiger partial charge in [-0.2, -0.15) is 0 Å². The number of rotatable bonds is 14. The van der Waals surface area contributed by atoms with E-state index < -0.39 is 44.8 Å². The van der Waals surface area contributed by atoms with Crippen LogP contribution in [0.1, 0.15) is 132 Å². The number of sulfone groups is 1. The van der Waals surface area contributed by atoms with E-state index in [2.05, 4.69) is 29.4 Å². The predicted octanol–water partition coefficient (Wildman–Crippen LogP) is 6.72. The lowest BCUT2D eigenvalue weighted by molar-refractivity contribution is -0.136. The zero-order valence-electron chi connectivity index (χ0n) is 35.7. The smallest absolute Gasteiger partial charge is 0.262 e. The summed E-state index contributed by atoms with van der Waals surface area (Å²) in [5.74, 6) is -0.650. The number of nitrogens with zero attached hydrogens (tertiary/aromatic N) is 4. The molecule has 3 aromatic carbocycles. The van der Waals surface area contributed by atoms with Crippen molar-refractivity contribution in [3.8, 4) is 5.75 Å². The van der Waals surface area contributed by atoms with Crippen molar-refractivity contribution in [3.63, 3.8) is 0 Å². The number of carbonyl (C=O) groups excluding carboxylic acids is 5. The van der Waals surface area contributed by atoms with Gasteiger partial charge in [-0.3, -0.25) is 34.2 Å². The Bertz CT molecular complexity index is 2550. The molecule has 4 aromatic rings. The molecule has 62 heavy (non-hydrogen) atoms. The summed E-state index contributed by atoms with van der Waals surface area (Å²) in [4.78, 5) is 76.9. The van der Waals surface area contributed by atoms with Crippen LogP contribution in [0.5, 0.6) is 5.75 Å². The molecule has 13 nitrogen and oxygen atoms in total. The number of amides is 5. The number of piperidine rings is 2. The van der Waals surface area contributed by atoms with Crippen molar-refractivity contribution < 1.29 is 37.1 Å². The standard InChI is InChI=1S/C47H52ClN5O8S/c1-27(2)61-39-25-35(29(5)22-33(39)24-41-49-26-36(48)37(50-41)23-32-10-6-7-14-40(32)62(59,60)28(3)4)30-18-20-52(21-19-30)43(55)15-9-12-31-11-8-13-34-44(31)47(58)53(46(34)57)38-16-17-42(54)51-45(38)56/h6-8,10-11,13-14,22,25-28,30,38H,9,12,15-21,23-24H2,1-5H3,(H,51,54,56). The number of benzene rings is 3. The topological polar surface area (TPSA) is 173 Å². The lowest BCUT2D eigenvalue weighted by atomic mass is 9.85. The number of fused-ring (bicyclic) bond motifs is 1. The summed E-state index contributed by atoms with van der Waals surface area (Å²) in [5, 5.41) is 2.00. The maximum atomic E-state index is 13.5. The molecule has 2 fully saturated rings. The minimum atomic E-state index is -3.52. The van der Waals surface area contributed by atoms with Crippen LogP contribution in [-0.2, 0) is 43.5 Å². The fourth-order valence-electron chi connectivity index (χ4n) is 8.71. The first-order valence-electron chi connectivity index (χ1n) is 21.3. The Hall–Kier alpha value is -5.47. The van der Waals surface area contributed by atoms with E-state index in [4.69, 9.17) is 21.3 Å². The molecule has 1 N–H and O–H groups in total. The normalized spacial score (nSPS) is 17.3. The van der Waals surface area contributed by atoms with E-state index in [1.165, 1.54) is 5.56 Å². The van der Waals surface area contributed by atoms with E-state index in [1.807, 2.05) is 24.8 Å². The van der Waals surface area contributed by atoms with E-state index >= 15 is 0 Å². The number of imide groups is 2. The molecule has 15 heteroatoms. The molecule has 5 amide bonds. The van der Waals surface area contributed by atoms with Crippen LogP contribution in [0.25, 0.3) is 0 Å². The Balaban J connectivity index is 0.982. The number of hydrogen-bond acceptors (Lipinski definition) is 10. The number of likely N-dealkylation sites (tertiary alicyclic amines) is 1. The molecule has 2 saturated heterocycles. The van der Waals surface area contributed by atoms with Gasteiger partial charge in [0, 0.05) is 50.5 Å². The maximum absolute atomic E-state index is 13.5. The van der Waals surface area contributed by atoms with Crippen LogP contribution in [0, 0.1) is 6.92 Å². The molecule has 1 atom stereocenters. The molecular formula is C47H52ClN5O8S. The summed E-state index contributed by atoms with van der Waals surface area (Å²) in [5.41, 5.74) is 5.50. The maximum Gasteiger partial charge on any atom is 0.262 e. The summed E-state index contributed by atoms with van der Waals surface area (Å²) in [6.07, 6.45) is 4.96. The number of aryl methyl sites for hydroxylation is 2. The van der Waals surface area contributed by atoms with Gasteiger partial charge in [-0.25, -0.2) is 18.4 Å². The fourth-order valence-corrected chi connectivity index (χ4v) is 10.2. The number of aromatic nitrogens is 2. The van der Waals surface area contributed by atoms with Crippen LogP contribution < -0.4 is 10.1 Å². The first-order valence-corrected chi connectivity index (χ1v) is 23.2. The van der Waals surface area contributed by atoms with Crippen LogP contribution in [0.2, 0.25) is 5.02 Å². The SMILES string of the molecule is Cc1cc(Cc2ncc(Cl)c(Cc3ccccc3S(=O)(=O)C(C)C)n2)c(OC(C)C)cc1C1CCN(C(=O)CCCc2cccc3c2C(=O)N(C2CCC(=O)NC2=O)C3=O)CC1. The van der Waals surface area contributed by atoms with Crippen molar-refractivity contribution in [2.75, 3.05) is 13.1 Å². The van der Waals surface area contributed by atoms with Crippen LogP contribution >= 0.6 is 11.6 Å². The van der Waals surface area contributed by atoms with Gasteiger partial charge in [-0.15, -0.1) is 0 Å². The van der Waals surface area contributed by atoms with Gasteiger partial charge < -0.3 is 9.64 Å². The molecule has 3 aliphatic heterocycles. The minimum absolute atomic E-state index is 0.0341. The molecule has 3 aliphatic rings. The molecule has 4 heterocycles. The highest BCUT2D eigenvalue weighted by atomic mass is 35.5. The van der Waals surface area contributed by atoms with Crippen LogP contribution in [0.3, 0.4) is 0 Å². The third-order valence-electron chi connectivity index (χ3n) is 12.0. The van der Waals surface area contributed by atoms with E-state index in [-0.39, 0.29) is 59.6 Å². The van der Waals surface area contributed by atoms with Gasteiger partial charge in [-0.1, -0.05) is 48.0 Å². The number of halogens is 1. The van der Waals surface area contributed by atoms with Gasteiger partial charge >= 0.3 is 0 Å². The van der Waals surface area contributed by atoms with Gasteiger partial charge in [0.2, 0.25) is 17.7 Å². The van der Waals surface area contributed by atoms with Crippen molar-refractivity contribution in [3.05, 3.63) is 116 Å². The summed E-state index contributed by atoms with van der Waals surface area (Å²) in [6, 6.07) is 15.2. The van der Waals surface area contributed by atoms with Crippen LogP contribution in [-0.4, -0.2) is 88.2 Å². The third-order valence-corrected chi connectivity index (χ3v) is 14.5. The lowest BCUT2D eigenvalue weighted by Crippen LogP contribution is -2.54. The minimum Gasteiger partial charge on any atom is -0.491 e. The molecule has 1 unspecified atom stereocenters. The van der Waals surface area contributed by atoms with Crippen molar-refractivity contribution in [1.82, 2.24) is 25.1 Å². The van der Waals surface area contributed by atoms with Crippen molar-refractivity contribution >= 4 is 51.0 Å². The molecular weight excluding hydrogens is 830 g/mol. The Kier molecular flexibility index (Phi) is 13.3. The van der Waals surface area contributed by atoms with Crippen LogP contribution in [0.15, 0.2) is 65.7 Å². The number of hydrogen-bond donors (Lipinski definition) is 1. The van der Waals surface area contributed by atoms with E-state index in [0.29, 0.717) is 60.0 Å². The Labute approximate surface area is 367 Å². The average molecular weight is 882 g/mol. The number of nitrogens with one attached hydrogen (secondary N) is 1. The molecule has 0 radical (unpaired) electrons. The molecule has 7 rings (SSSR count).